The molecule has 0 saturated carbocycles. The number of unbranched alkanes of at least 4 members (excludes halogenated alkanes) is 3. The molecule has 1 unspecified atom stereocenters. The van der Waals surface area contributed by atoms with Gasteiger partial charge in [0, 0.05) is 6.04 Å². The van der Waals surface area contributed by atoms with E-state index in [9.17, 15) is 4.39 Å². The minimum atomic E-state index is -0.145. The maximum atomic E-state index is 13.1. The molecule has 2 heteroatoms. The minimum Gasteiger partial charge on any atom is -0.317 e. The van der Waals surface area contributed by atoms with Crippen molar-refractivity contribution >= 4 is 0 Å². The van der Waals surface area contributed by atoms with Crippen LogP contribution in [0.3, 0.4) is 0 Å². The normalized spacial score (nSPS) is 12.3. The van der Waals surface area contributed by atoms with Gasteiger partial charge in [0.2, 0.25) is 0 Å². The SMILES string of the molecule is C=CCCCCCC(Cc1cccc(F)c1)NC. The Kier molecular flexibility index (Phi) is 7.35. The van der Waals surface area contributed by atoms with Crippen LogP contribution in [0.5, 0.6) is 0 Å². The lowest BCUT2D eigenvalue weighted by Gasteiger charge is -2.16. The quantitative estimate of drug-likeness (QED) is 0.513. The molecule has 0 aliphatic carbocycles. The summed E-state index contributed by atoms with van der Waals surface area (Å²) < 4.78 is 13.1. The fraction of sp³-hybridized carbons (Fsp3) is 0.500. The van der Waals surface area contributed by atoms with Gasteiger partial charge < -0.3 is 5.32 Å². The highest BCUT2D eigenvalue weighted by Gasteiger charge is 2.07. The molecule has 1 nitrogen and oxygen atoms in total. The van der Waals surface area contributed by atoms with E-state index in [4.69, 9.17) is 0 Å². The molecule has 0 aliphatic heterocycles. The van der Waals surface area contributed by atoms with Crippen LogP contribution in [0, 0.1) is 5.82 Å². The summed E-state index contributed by atoms with van der Waals surface area (Å²) in [4.78, 5) is 0. The highest BCUT2D eigenvalue weighted by molar-refractivity contribution is 5.17. The molecule has 0 amide bonds. The van der Waals surface area contributed by atoms with Gasteiger partial charge >= 0.3 is 0 Å². The van der Waals surface area contributed by atoms with Crippen molar-refractivity contribution in [3.8, 4) is 0 Å². The number of benzene rings is 1. The first-order valence-corrected chi connectivity index (χ1v) is 6.79. The van der Waals surface area contributed by atoms with Crippen molar-refractivity contribution in [3.05, 3.63) is 48.3 Å². The Morgan fingerprint density at radius 2 is 2.17 bits per heavy atom. The molecule has 0 fully saturated rings. The average molecular weight is 249 g/mol. The predicted octanol–water partition coefficient (Wildman–Crippen LogP) is 4.09. The maximum absolute atomic E-state index is 13.1. The second kappa shape index (κ2) is 8.87. The summed E-state index contributed by atoms with van der Waals surface area (Å²) in [5.41, 5.74) is 1.07. The van der Waals surface area contributed by atoms with E-state index >= 15 is 0 Å². The number of allylic oxidation sites excluding steroid dienone is 1. The summed E-state index contributed by atoms with van der Waals surface area (Å²) >= 11 is 0. The summed E-state index contributed by atoms with van der Waals surface area (Å²) in [6.45, 7) is 3.73. The predicted molar refractivity (Wildman–Crippen MR) is 76.2 cm³/mol. The van der Waals surface area contributed by atoms with Crippen molar-refractivity contribution < 1.29 is 4.39 Å². The average Bonchev–Trinajstić information content (AvgIpc) is 2.37. The molecule has 1 N–H and O–H groups in total. The van der Waals surface area contributed by atoms with Crippen LogP contribution in [-0.4, -0.2) is 13.1 Å². The topological polar surface area (TPSA) is 12.0 Å². The molecule has 1 aromatic rings. The monoisotopic (exact) mass is 249 g/mol. The van der Waals surface area contributed by atoms with Crippen LogP contribution < -0.4 is 5.32 Å². The van der Waals surface area contributed by atoms with Gasteiger partial charge in [-0.1, -0.05) is 31.1 Å². The van der Waals surface area contributed by atoms with Gasteiger partial charge in [-0.2, -0.15) is 0 Å². The van der Waals surface area contributed by atoms with Gasteiger partial charge in [0.1, 0.15) is 5.82 Å². The van der Waals surface area contributed by atoms with Gasteiger partial charge in [-0.05, 0) is 50.4 Å². The Balaban J connectivity index is 2.30. The molecule has 0 aliphatic rings. The van der Waals surface area contributed by atoms with E-state index < -0.39 is 0 Å². The maximum Gasteiger partial charge on any atom is 0.123 e. The van der Waals surface area contributed by atoms with Gasteiger partial charge in [-0.3, -0.25) is 0 Å². The van der Waals surface area contributed by atoms with Gasteiger partial charge in [-0.25, -0.2) is 4.39 Å². The molecule has 0 radical (unpaired) electrons. The van der Waals surface area contributed by atoms with Gasteiger partial charge in [-0.15, -0.1) is 6.58 Å². The zero-order valence-electron chi connectivity index (χ0n) is 11.3. The number of hydrogen-bond donors (Lipinski definition) is 1. The second-order valence-corrected chi connectivity index (χ2v) is 4.75. The van der Waals surface area contributed by atoms with Crippen molar-refractivity contribution in [3.63, 3.8) is 0 Å². The van der Waals surface area contributed by atoms with Crippen molar-refractivity contribution in [2.75, 3.05) is 7.05 Å². The fourth-order valence-corrected chi connectivity index (χ4v) is 2.15. The molecule has 0 saturated heterocycles. The Morgan fingerprint density at radius 3 is 2.83 bits per heavy atom. The molecule has 100 valence electrons. The summed E-state index contributed by atoms with van der Waals surface area (Å²) in [5.74, 6) is -0.145. The van der Waals surface area contributed by atoms with Crippen LogP contribution in [0.1, 0.15) is 37.7 Å². The van der Waals surface area contributed by atoms with Crippen LogP contribution in [0.25, 0.3) is 0 Å². The lowest BCUT2D eigenvalue weighted by atomic mass is 10.00. The van der Waals surface area contributed by atoms with Crippen molar-refractivity contribution in [2.45, 2.75) is 44.6 Å². The highest BCUT2D eigenvalue weighted by Crippen LogP contribution is 2.12. The first kappa shape index (κ1) is 14.9. The Morgan fingerprint density at radius 1 is 1.33 bits per heavy atom. The van der Waals surface area contributed by atoms with Crippen LogP contribution in [0.15, 0.2) is 36.9 Å². The molecular weight excluding hydrogens is 225 g/mol. The zero-order chi connectivity index (χ0) is 13.2. The smallest absolute Gasteiger partial charge is 0.123 e. The molecule has 1 atom stereocenters. The van der Waals surface area contributed by atoms with Crippen LogP contribution >= 0.6 is 0 Å². The first-order valence-electron chi connectivity index (χ1n) is 6.79. The van der Waals surface area contributed by atoms with Crippen LogP contribution in [0.4, 0.5) is 4.39 Å². The Labute approximate surface area is 110 Å². The largest absolute Gasteiger partial charge is 0.317 e. The minimum absolute atomic E-state index is 0.145. The second-order valence-electron chi connectivity index (χ2n) is 4.75. The number of nitrogens with one attached hydrogen (secondary N) is 1. The number of hydrogen-bond acceptors (Lipinski definition) is 1. The molecule has 0 aromatic heterocycles. The highest BCUT2D eigenvalue weighted by atomic mass is 19.1. The van der Waals surface area contributed by atoms with Gasteiger partial charge in [0.15, 0.2) is 0 Å². The van der Waals surface area contributed by atoms with E-state index in [2.05, 4.69) is 11.9 Å². The van der Waals surface area contributed by atoms with Crippen LogP contribution in [0.2, 0.25) is 0 Å². The van der Waals surface area contributed by atoms with E-state index in [-0.39, 0.29) is 5.82 Å². The molecular formula is C16H24FN. The molecule has 0 spiro atoms. The third-order valence-electron chi connectivity index (χ3n) is 3.24. The summed E-state index contributed by atoms with van der Waals surface area (Å²) in [6.07, 6.45) is 8.80. The van der Waals surface area contributed by atoms with E-state index in [0.717, 1.165) is 24.8 Å². The van der Waals surface area contributed by atoms with Crippen molar-refractivity contribution in [1.29, 1.82) is 0 Å². The van der Waals surface area contributed by atoms with Gasteiger partial charge in [0.05, 0.1) is 0 Å². The van der Waals surface area contributed by atoms with Crippen LogP contribution in [-0.2, 0) is 6.42 Å². The Hall–Kier alpha value is -1.15. The fourth-order valence-electron chi connectivity index (χ4n) is 2.15. The third kappa shape index (κ3) is 5.97. The molecule has 0 bridgehead atoms. The standard InChI is InChI=1S/C16H24FN/c1-3-4-5-6-7-11-16(18-2)13-14-9-8-10-15(17)12-14/h3,8-10,12,16,18H,1,4-7,11,13H2,2H3. The zero-order valence-corrected chi connectivity index (χ0v) is 11.3. The van der Waals surface area contributed by atoms with E-state index in [0.29, 0.717) is 6.04 Å². The van der Waals surface area contributed by atoms with Crippen molar-refractivity contribution in [1.82, 2.24) is 5.32 Å². The van der Waals surface area contributed by atoms with E-state index in [1.807, 2.05) is 19.2 Å². The summed E-state index contributed by atoms with van der Waals surface area (Å²) in [7, 11) is 1.98. The van der Waals surface area contributed by atoms with Gasteiger partial charge in [0.25, 0.3) is 0 Å². The molecule has 0 heterocycles. The number of likely N-dealkylation sites (N-methyl/N-ethyl adjacent to an activating group) is 1. The Bertz CT molecular complexity index is 349. The van der Waals surface area contributed by atoms with Crippen molar-refractivity contribution in [2.24, 2.45) is 0 Å². The number of rotatable bonds is 9. The van der Waals surface area contributed by atoms with E-state index in [1.54, 1.807) is 12.1 Å². The molecule has 18 heavy (non-hydrogen) atoms. The lowest BCUT2D eigenvalue weighted by molar-refractivity contribution is 0.486. The summed E-state index contributed by atoms with van der Waals surface area (Å²) in [6, 6.07) is 7.33. The lowest BCUT2D eigenvalue weighted by Crippen LogP contribution is -2.27. The van der Waals surface area contributed by atoms with E-state index in [1.165, 1.54) is 25.3 Å². The molecule has 1 rings (SSSR count). The summed E-state index contributed by atoms with van der Waals surface area (Å²) in [5, 5.41) is 3.32. The number of halogens is 1. The first-order chi connectivity index (χ1) is 8.76. The molecule has 1 aromatic carbocycles. The third-order valence-corrected chi connectivity index (χ3v) is 3.24.